The van der Waals surface area contributed by atoms with Crippen LogP contribution in [0.2, 0.25) is 0 Å². The molecule has 2 aliphatic rings. The summed E-state index contributed by atoms with van der Waals surface area (Å²) in [5.41, 5.74) is 0.458. The van der Waals surface area contributed by atoms with Crippen LogP contribution in [0.25, 0.3) is 0 Å². The van der Waals surface area contributed by atoms with Crippen LogP contribution in [0.15, 0.2) is 0 Å². The maximum absolute atomic E-state index is 5.38. The number of nitrogens with one attached hydrogen (secondary N) is 1. The Hall–Kier alpha value is -0.120. The van der Waals surface area contributed by atoms with Gasteiger partial charge in [-0.3, -0.25) is 0 Å². The molecule has 3 nitrogen and oxygen atoms in total. The fourth-order valence-corrected chi connectivity index (χ4v) is 2.63. The summed E-state index contributed by atoms with van der Waals surface area (Å²) in [6, 6.07) is 0. The van der Waals surface area contributed by atoms with Crippen LogP contribution < -0.4 is 5.32 Å². The van der Waals surface area contributed by atoms with Crippen molar-refractivity contribution in [2.24, 2.45) is 11.3 Å². The molecule has 2 saturated heterocycles. The molecule has 0 radical (unpaired) electrons. The molecular weight excluding hydrogens is 164 g/mol. The third-order valence-corrected chi connectivity index (χ3v) is 3.57. The Morgan fingerprint density at radius 2 is 2.31 bits per heavy atom. The molecule has 13 heavy (non-hydrogen) atoms. The molecule has 2 aliphatic heterocycles. The monoisotopic (exact) mass is 184 g/mol. The van der Waals surface area contributed by atoms with Crippen LogP contribution in [0.1, 0.15) is 6.42 Å². The molecule has 1 N–H and O–H groups in total. The van der Waals surface area contributed by atoms with Gasteiger partial charge in [0, 0.05) is 18.5 Å². The summed E-state index contributed by atoms with van der Waals surface area (Å²) in [6.45, 7) is 5.56. The lowest BCUT2D eigenvalue weighted by Gasteiger charge is -2.46. The van der Waals surface area contributed by atoms with Gasteiger partial charge in [-0.05, 0) is 33.0 Å². The van der Waals surface area contributed by atoms with E-state index in [1.54, 1.807) is 0 Å². The highest BCUT2D eigenvalue weighted by Crippen LogP contribution is 2.40. The molecule has 3 heteroatoms. The lowest BCUT2D eigenvalue weighted by molar-refractivity contribution is -0.140. The first-order valence-electron chi connectivity index (χ1n) is 5.18. The number of hydrogen-bond acceptors (Lipinski definition) is 3. The van der Waals surface area contributed by atoms with Crippen molar-refractivity contribution >= 4 is 0 Å². The Bertz CT molecular complexity index is 180. The molecule has 0 aromatic carbocycles. The third-order valence-electron chi connectivity index (χ3n) is 3.57. The van der Waals surface area contributed by atoms with E-state index in [-0.39, 0.29) is 0 Å². The smallest absolute Gasteiger partial charge is 0.0560 e. The van der Waals surface area contributed by atoms with E-state index in [0.29, 0.717) is 5.41 Å². The highest BCUT2D eigenvalue weighted by Gasteiger charge is 2.46. The van der Waals surface area contributed by atoms with E-state index in [4.69, 9.17) is 4.74 Å². The van der Waals surface area contributed by atoms with Gasteiger partial charge in [0.25, 0.3) is 0 Å². The summed E-state index contributed by atoms with van der Waals surface area (Å²) in [7, 11) is 4.26. The minimum absolute atomic E-state index is 0.458. The van der Waals surface area contributed by atoms with Gasteiger partial charge in [0.1, 0.15) is 0 Å². The van der Waals surface area contributed by atoms with Gasteiger partial charge in [0.05, 0.1) is 13.2 Å². The minimum atomic E-state index is 0.458. The fourth-order valence-electron chi connectivity index (χ4n) is 2.63. The standard InChI is InChI=1S/C10H20N2O/c1-11-6-10(7-13-8-10)9-3-4-12(2)5-9/h9,11H,3-8H2,1-2H3. The maximum Gasteiger partial charge on any atom is 0.0560 e. The minimum Gasteiger partial charge on any atom is -0.380 e. The molecule has 2 fully saturated rings. The van der Waals surface area contributed by atoms with E-state index in [1.165, 1.54) is 19.5 Å². The van der Waals surface area contributed by atoms with E-state index >= 15 is 0 Å². The van der Waals surface area contributed by atoms with Crippen LogP contribution in [0, 0.1) is 11.3 Å². The Morgan fingerprint density at radius 3 is 2.69 bits per heavy atom. The quantitative estimate of drug-likeness (QED) is 0.677. The van der Waals surface area contributed by atoms with Crippen molar-refractivity contribution in [3.8, 4) is 0 Å². The zero-order chi connectivity index (χ0) is 9.31. The average molecular weight is 184 g/mol. The summed E-state index contributed by atoms with van der Waals surface area (Å²) in [6.07, 6.45) is 1.35. The Morgan fingerprint density at radius 1 is 1.54 bits per heavy atom. The van der Waals surface area contributed by atoms with E-state index in [0.717, 1.165) is 25.7 Å². The lowest BCUT2D eigenvalue weighted by atomic mass is 9.73. The van der Waals surface area contributed by atoms with Crippen LogP contribution in [0.3, 0.4) is 0 Å². The zero-order valence-corrected chi connectivity index (χ0v) is 8.68. The second kappa shape index (κ2) is 3.56. The first-order chi connectivity index (χ1) is 6.27. The molecule has 76 valence electrons. The average Bonchev–Trinajstić information content (AvgIpc) is 2.44. The summed E-state index contributed by atoms with van der Waals surface area (Å²) in [5.74, 6) is 0.846. The second-order valence-electron chi connectivity index (χ2n) is 4.63. The fraction of sp³-hybridized carbons (Fsp3) is 1.00. The van der Waals surface area contributed by atoms with E-state index in [1.807, 2.05) is 7.05 Å². The molecule has 0 aromatic heterocycles. The van der Waals surface area contributed by atoms with Crippen LogP contribution in [-0.2, 0) is 4.74 Å². The van der Waals surface area contributed by atoms with Gasteiger partial charge in [-0.1, -0.05) is 0 Å². The molecule has 1 unspecified atom stereocenters. The van der Waals surface area contributed by atoms with Crippen LogP contribution in [-0.4, -0.2) is 51.8 Å². The highest BCUT2D eigenvalue weighted by molar-refractivity contribution is 4.96. The van der Waals surface area contributed by atoms with E-state index < -0.39 is 0 Å². The summed E-state index contributed by atoms with van der Waals surface area (Å²) < 4.78 is 5.38. The van der Waals surface area contributed by atoms with Crippen molar-refractivity contribution in [2.75, 3.05) is 46.9 Å². The van der Waals surface area contributed by atoms with E-state index in [2.05, 4.69) is 17.3 Å². The Balaban J connectivity index is 1.96. The number of likely N-dealkylation sites (tertiary alicyclic amines) is 1. The van der Waals surface area contributed by atoms with Gasteiger partial charge in [-0.25, -0.2) is 0 Å². The van der Waals surface area contributed by atoms with Crippen molar-refractivity contribution in [3.05, 3.63) is 0 Å². The Labute approximate surface area is 80.4 Å². The van der Waals surface area contributed by atoms with Gasteiger partial charge in [-0.2, -0.15) is 0 Å². The first kappa shape index (κ1) is 9.44. The van der Waals surface area contributed by atoms with Crippen molar-refractivity contribution in [3.63, 3.8) is 0 Å². The highest BCUT2D eigenvalue weighted by atomic mass is 16.5. The maximum atomic E-state index is 5.38. The molecule has 0 saturated carbocycles. The van der Waals surface area contributed by atoms with Crippen molar-refractivity contribution in [1.82, 2.24) is 10.2 Å². The molecule has 0 spiro atoms. The summed E-state index contributed by atoms with van der Waals surface area (Å²) >= 11 is 0. The molecule has 0 aliphatic carbocycles. The molecule has 0 amide bonds. The number of rotatable bonds is 3. The molecular formula is C10H20N2O. The number of nitrogens with zero attached hydrogens (tertiary/aromatic N) is 1. The predicted molar refractivity (Wildman–Crippen MR) is 52.8 cm³/mol. The van der Waals surface area contributed by atoms with Crippen molar-refractivity contribution in [1.29, 1.82) is 0 Å². The first-order valence-corrected chi connectivity index (χ1v) is 5.18. The molecule has 0 bridgehead atoms. The summed E-state index contributed by atoms with van der Waals surface area (Å²) in [4.78, 5) is 2.43. The van der Waals surface area contributed by atoms with Crippen molar-refractivity contribution in [2.45, 2.75) is 6.42 Å². The zero-order valence-electron chi connectivity index (χ0n) is 8.68. The van der Waals surface area contributed by atoms with Gasteiger partial charge in [-0.15, -0.1) is 0 Å². The van der Waals surface area contributed by atoms with Crippen molar-refractivity contribution < 1.29 is 4.74 Å². The van der Waals surface area contributed by atoms with Gasteiger partial charge < -0.3 is 15.0 Å². The van der Waals surface area contributed by atoms with E-state index in [9.17, 15) is 0 Å². The van der Waals surface area contributed by atoms with Gasteiger partial charge >= 0.3 is 0 Å². The van der Waals surface area contributed by atoms with Crippen LogP contribution in [0.5, 0.6) is 0 Å². The predicted octanol–water partition coefficient (Wildman–Crippen LogP) is 0.174. The molecule has 2 rings (SSSR count). The third kappa shape index (κ3) is 1.60. The normalized spacial score (nSPS) is 33.2. The molecule has 0 aromatic rings. The van der Waals surface area contributed by atoms with Crippen LogP contribution >= 0.6 is 0 Å². The SMILES string of the molecule is CNCC1(C2CCN(C)C2)COC1. The summed E-state index contributed by atoms with van der Waals surface area (Å²) in [5, 5.41) is 3.30. The number of hydrogen-bond donors (Lipinski definition) is 1. The largest absolute Gasteiger partial charge is 0.380 e. The molecule has 1 atom stereocenters. The van der Waals surface area contributed by atoms with Crippen LogP contribution in [0.4, 0.5) is 0 Å². The van der Waals surface area contributed by atoms with Gasteiger partial charge in [0.15, 0.2) is 0 Å². The van der Waals surface area contributed by atoms with Gasteiger partial charge in [0.2, 0.25) is 0 Å². The Kier molecular flexibility index (Phi) is 2.58. The number of ether oxygens (including phenoxy) is 1. The molecule has 2 heterocycles. The second-order valence-corrected chi connectivity index (χ2v) is 4.63. The topological polar surface area (TPSA) is 24.5 Å². The lowest BCUT2D eigenvalue weighted by Crippen LogP contribution is -2.54.